The number of ether oxygens (including phenoxy) is 2. The lowest BCUT2D eigenvalue weighted by molar-refractivity contribution is -0.156. The first-order chi connectivity index (χ1) is 10.4. The molecule has 1 fully saturated rings. The molecule has 1 saturated heterocycles. The number of epoxide rings is 1. The zero-order valence-corrected chi connectivity index (χ0v) is 13.1. The van der Waals surface area contributed by atoms with E-state index >= 15 is 0 Å². The van der Waals surface area contributed by atoms with Crippen LogP contribution >= 0.6 is 0 Å². The van der Waals surface area contributed by atoms with Crippen molar-refractivity contribution in [3.8, 4) is 0 Å². The average molecular weight is 296 g/mol. The Labute approximate surface area is 130 Å². The van der Waals surface area contributed by atoms with Crippen molar-refractivity contribution in [1.82, 2.24) is 0 Å². The molecule has 1 aliphatic rings. The summed E-state index contributed by atoms with van der Waals surface area (Å²) in [5.41, 5.74) is 0.682. The summed E-state index contributed by atoms with van der Waals surface area (Å²) in [7, 11) is 0. The van der Waals surface area contributed by atoms with E-state index in [4.69, 9.17) is 9.47 Å². The van der Waals surface area contributed by atoms with Crippen molar-refractivity contribution in [2.24, 2.45) is 0 Å². The number of rotatable bonds is 3. The van der Waals surface area contributed by atoms with Crippen LogP contribution in [-0.2, 0) is 19.9 Å². The van der Waals surface area contributed by atoms with Crippen LogP contribution < -0.4 is 0 Å². The van der Waals surface area contributed by atoms with Crippen LogP contribution in [0.2, 0.25) is 0 Å². The number of hydrogen-bond donors (Lipinski definition) is 0. The van der Waals surface area contributed by atoms with E-state index in [0.29, 0.717) is 0 Å². The van der Waals surface area contributed by atoms with E-state index in [0.717, 1.165) is 11.1 Å². The predicted molar refractivity (Wildman–Crippen MR) is 84.4 cm³/mol. The van der Waals surface area contributed by atoms with E-state index in [1.54, 1.807) is 0 Å². The third kappa shape index (κ3) is 2.64. The van der Waals surface area contributed by atoms with Crippen molar-refractivity contribution in [1.29, 1.82) is 0 Å². The van der Waals surface area contributed by atoms with Gasteiger partial charge in [0.05, 0.1) is 0 Å². The summed E-state index contributed by atoms with van der Waals surface area (Å²) >= 11 is 0. The minimum atomic E-state index is -0.731. The largest absolute Gasteiger partial charge is 0.458 e. The van der Waals surface area contributed by atoms with Crippen LogP contribution in [0.4, 0.5) is 0 Å². The summed E-state index contributed by atoms with van der Waals surface area (Å²) in [6, 6.07) is 19.6. The molecule has 1 atom stereocenters. The highest BCUT2D eigenvalue weighted by atomic mass is 16.7. The fourth-order valence-electron chi connectivity index (χ4n) is 2.70. The quantitative estimate of drug-likeness (QED) is 0.641. The van der Waals surface area contributed by atoms with E-state index in [9.17, 15) is 4.79 Å². The molecule has 0 N–H and O–H groups in total. The Morgan fingerprint density at radius 2 is 1.41 bits per heavy atom. The van der Waals surface area contributed by atoms with E-state index in [2.05, 4.69) is 0 Å². The van der Waals surface area contributed by atoms with Gasteiger partial charge in [0, 0.05) is 0 Å². The summed E-state index contributed by atoms with van der Waals surface area (Å²) in [6.07, 6.45) is -0.600. The van der Waals surface area contributed by atoms with Gasteiger partial charge in [0.15, 0.2) is 11.7 Å². The van der Waals surface area contributed by atoms with E-state index in [-0.39, 0.29) is 5.97 Å². The van der Waals surface area contributed by atoms with E-state index in [1.165, 1.54) is 0 Å². The van der Waals surface area contributed by atoms with Crippen molar-refractivity contribution in [3.05, 3.63) is 71.8 Å². The normalized spacial score (nSPS) is 19.5. The second-order valence-corrected chi connectivity index (χ2v) is 6.50. The molecule has 3 nitrogen and oxygen atoms in total. The molecular weight excluding hydrogens is 276 g/mol. The Morgan fingerprint density at radius 1 is 0.955 bits per heavy atom. The molecular formula is C19H20O3. The van der Waals surface area contributed by atoms with Crippen molar-refractivity contribution in [2.75, 3.05) is 0 Å². The van der Waals surface area contributed by atoms with Crippen LogP contribution in [0.15, 0.2) is 60.7 Å². The van der Waals surface area contributed by atoms with Crippen LogP contribution in [0.5, 0.6) is 0 Å². The molecule has 22 heavy (non-hydrogen) atoms. The lowest BCUT2D eigenvalue weighted by atomic mass is 9.88. The van der Waals surface area contributed by atoms with Gasteiger partial charge in [-0.05, 0) is 31.9 Å². The Bertz CT molecular complexity index is 617. The first kappa shape index (κ1) is 14.8. The Hall–Kier alpha value is -2.13. The van der Waals surface area contributed by atoms with Crippen LogP contribution in [-0.4, -0.2) is 17.7 Å². The first-order valence-electron chi connectivity index (χ1n) is 7.45. The first-order valence-corrected chi connectivity index (χ1v) is 7.45. The molecule has 0 unspecified atom stereocenters. The highest BCUT2D eigenvalue weighted by molar-refractivity contribution is 5.82. The lowest BCUT2D eigenvalue weighted by Crippen LogP contribution is -2.30. The van der Waals surface area contributed by atoms with Gasteiger partial charge in [0.2, 0.25) is 0 Å². The van der Waals surface area contributed by atoms with E-state index < -0.39 is 17.3 Å². The molecule has 0 aromatic heterocycles. The molecule has 0 amide bonds. The van der Waals surface area contributed by atoms with Gasteiger partial charge < -0.3 is 9.47 Å². The van der Waals surface area contributed by atoms with Crippen molar-refractivity contribution in [2.45, 2.75) is 38.1 Å². The molecule has 0 radical (unpaired) electrons. The monoisotopic (exact) mass is 296 g/mol. The second kappa shape index (κ2) is 5.25. The minimum Gasteiger partial charge on any atom is -0.458 e. The summed E-state index contributed by atoms with van der Waals surface area (Å²) in [4.78, 5) is 12.4. The highest BCUT2D eigenvalue weighted by Crippen LogP contribution is 2.52. The maximum atomic E-state index is 12.4. The van der Waals surface area contributed by atoms with Gasteiger partial charge in [0.1, 0.15) is 5.60 Å². The van der Waals surface area contributed by atoms with E-state index in [1.807, 2.05) is 81.4 Å². The van der Waals surface area contributed by atoms with Crippen LogP contribution in [0.3, 0.4) is 0 Å². The van der Waals surface area contributed by atoms with Gasteiger partial charge in [-0.2, -0.15) is 0 Å². The maximum Gasteiger partial charge on any atom is 0.339 e. The molecule has 114 valence electrons. The average Bonchev–Trinajstić information content (AvgIpc) is 3.24. The predicted octanol–water partition coefficient (Wildman–Crippen LogP) is 3.67. The Balaban J connectivity index is 1.97. The molecule has 1 heterocycles. The highest BCUT2D eigenvalue weighted by Gasteiger charge is 2.64. The van der Waals surface area contributed by atoms with Crippen LogP contribution in [0.1, 0.15) is 31.9 Å². The molecule has 2 aromatic carbocycles. The summed E-state index contributed by atoms with van der Waals surface area (Å²) < 4.78 is 11.4. The third-order valence-electron chi connectivity index (χ3n) is 3.64. The molecule has 0 bridgehead atoms. The fraction of sp³-hybridized carbons (Fsp3) is 0.316. The molecule has 3 rings (SSSR count). The molecule has 0 spiro atoms. The topological polar surface area (TPSA) is 38.8 Å². The van der Waals surface area contributed by atoms with Crippen molar-refractivity contribution >= 4 is 5.97 Å². The molecule has 2 aromatic rings. The summed E-state index contributed by atoms with van der Waals surface area (Å²) in [5.74, 6) is -0.319. The zero-order chi connectivity index (χ0) is 15.8. The number of esters is 1. The standard InChI is InChI=1S/C19H20O3/c1-18(2,3)22-17(20)16-19(21-16,14-10-6-4-7-11-14)15-12-8-5-9-13-15/h4-13,16H,1-3H3/t16-/m1/s1. The molecule has 0 aliphatic carbocycles. The van der Waals surface area contributed by atoms with Gasteiger partial charge >= 0.3 is 5.97 Å². The van der Waals surface area contributed by atoms with Crippen LogP contribution in [0.25, 0.3) is 0 Å². The van der Waals surface area contributed by atoms with Gasteiger partial charge in [-0.3, -0.25) is 0 Å². The smallest absolute Gasteiger partial charge is 0.339 e. The number of carbonyl (C=O) groups is 1. The molecule has 1 aliphatic heterocycles. The van der Waals surface area contributed by atoms with Crippen LogP contribution in [0, 0.1) is 0 Å². The Morgan fingerprint density at radius 3 is 1.82 bits per heavy atom. The van der Waals surface area contributed by atoms with Gasteiger partial charge in [-0.25, -0.2) is 4.79 Å². The SMILES string of the molecule is CC(C)(C)OC(=O)[C@H]1OC1(c1ccccc1)c1ccccc1. The second-order valence-electron chi connectivity index (χ2n) is 6.50. The number of carbonyl (C=O) groups excluding carboxylic acids is 1. The fourth-order valence-corrected chi connectivity index (χ4v) is 2.70. The molecule has 0 saturated carbocycles. The van der Waals surface area contributed by atoms with Crippen molar-refractivity contribution in [3.63, 3.8) is 0 Å². The Kier molecular flexibility index (Phi) is 3.53. The summed E-state index contributed by atoms with van der Waals surface area (Å²) in [5, 5.41) is 0. The third-order valence-corrected chi connectivity index (χ3v) is 3.64. The minimum absolute atomic E-state index is 0.319. The van der Waals surface area contributed by atoms with Gasteiger partial charge in [-0.1, -0.05) is 60.7 Å². The molecule has 3 heteroatoms. The van der Waals surface area contributed by atoms with Gasteiger partial charge in [0.25, 0.3) is 0 Å². The zero-order valence-electron chi connectivity index (χ0n) is 13.1. The van der Waals surface area contributed by atoms with Crippen molar-refractivity contribution < 1.29 is 14.3 Å². The maximum absolute atomic E-state index is 12.4. The number of hydrogen-bond acceptors (Lipinski definition) is 3. The number of benzene rings is 2. The summed E-state index contributed by atoms with van der Waals surface area (Å²) in [6.45, 7) is 5.58. The van der Waals surface area contributed by atoms with Gasteiger partial charge in [-0.15, -0.1) is 0 Å². The lowest BCUT2D eigenvalue weighted by Gasteiger charge is -2.20.